The van der Waals surface area contributed by atoms with Crippen molar-refractivity contribution in [1.29, 1.82) is 0 Å². The molecule has 0 saturated heterocycles. The Labute approximate surface area is 189 Å². The van der Waals surface area contributed by atoms with Gasteiger partial charge in [0.05, 0.1) is 32.6 Å². The molecule has 0 bridgehead atoms. The number of aromatic nitrogens is 6. The molecule has 33 heavy (non-hydrogen) atoms. The minimum Gasteiger partial charge on any atom is -0.293 e. The standard InChI is InChI=1S/C22H20N6O4S/c1-13-21(15(3)29)23-25-27(13)17-5-9-19(10-6-17)33(31,32)20-11-7-18(8-12-20)28-14(2)22(16(4)30)24-26-28/h5-12H,1-4H3. The molecule has 0 spiro atoms. The Morgan fingerprint density at radius 2 is 1.00 bits per heavy atom. The Morgan fingerprint density at radius 1 is 0.667 bits per heavy atom. The van der Waals surface area contributed by atoms with Crippen molar-refractivity contribution in [2.24, 2.45) is 0 Å². The normalized spacial score (nSPS) is 11.5. The molecule has 0 aliphatic carbocycles. The van der Waals surface area contributed by atoms with Crippen LogP contribution in [0.1, 0.15) is 46.2 Å². The third-order valence-corrected chi connectivity index (χ3v) is 7.02. The molecule has 2 aromatic heterocycles. The first kappa shape index (κ1) is 22.2. The number of Topliss-reactive ketones (excluding diaryl/α,β-unsaturated/α-hetero) is 2. The first-order valence-electron chi connectivity index (χ1n) is 9.93. The van der Waals surface area contributed by atoms with Crippen LogP contribution in [-0.2, 0) is 9.84 Å². The summed E-state index contributed by atoms with van der Waals surface area (Å²) in [7, 11) is -3.77. The lowest BCUT2D eigenvalue weighted by Gasteiger charge is -2.09. The molecule has 4 aromatic rings. The van der Waals surface area contributed by atoms with Crippen molar-refractivity contribution in [3.63, 3.8) is 0 Å². The molecule has 4 rings (SSSR count). The van der Waals surface area contributed by atoms with Crippen LogP contribution in [-0.4, -0.2) is 50.0 Å². The Hall–Kier alpha value is -3.99. The number of carbonyl (C=O) groups is 2. The lowest BCUT2D eigenvalue weighted by atomic mass is 10.2. The van der Waals surface area contributed by atoms with Crippen molar-refractivity contribution in [1.82, 2.24) is 30.0 Å². The zero-order valence-corrected chi connectivity index (χ0v) is 19.2. The van der Waals surface area contributed by atoms with Crippen LogP contribution in [0, 0.1) is 13.8 Å². The fourth-order valence-corrected chi connectivity index (χ4v) is 4.73. The van der Waals surface area contributed by atoms with Gasteiger partial charge in [0.2, 0.25) is 9.84 Å². The molecular weight excluding hydrogens is 444 g/mol. The van der Waals surface area contributed by atoms with Crippen molar-refractivity contribution < 1.29 is 18.0 Å². The highest BCUT2D eigenvalue weighted by molar-refractivity contribution is 7.91. The van der Waals surface area contributed by atoms with Crippen LogP contribution in [0.4, 0.5) is 0 Å². The molecule has 0 amide bonds. The summed E-state index contributed by atoms with van der Waals surface area (Å²) in [6, 6.07) is 12.3. The Kier molecular flexibility index (Phi) is 5.50. The second-order valence-corrected chi connectivity index (χ2v) is 9.42. The quantitative estimate of drug-likeness (QED) is 0.398. The first-order chi connectivity index (χ1) is 15.6. The number of hydrogen-bond acceptors (Lipinski definition) is 8. The van der Waals surface area contributed by atoms with E-state index in [4.69, 9.17) is 0 Å². The van der Waals surface area contributed by atoms with Crippen molar-refractivity contribution in [2.45, 2.75) is 37.5 Å². The van der Waals surface area contributed by atoms with Gasteiger partial charge >= 0.3 is 0 Å². The molecular formula is C22H20N6O4S. The average molecular weight is 465 g/mol. The van der Waals surface area contributed by atoms with E-state index >= 15 is 0 Å². The summed E-state index contributed by atoms with van der Waals surface area (Å²) in [5, 5.41) is 15.7. The van der Waals surface area contributed by atoms with Crippen LogP contribution in [0.2, 0.25) is 0 Å². The predicted molar refractivity (Wildman–Crippen MR) is 118 cm³/mol. The van der Waals surface area contributed by atoms with E-state index in [1.807, 2.05) is 0 Å². The zero-order chi connectivity index (χ0) is 23.9. The minimum atomic E-state index is -3.77. The number of carbonyl (C=O) groups excluding carboxylic acids is 2. The van der Waals surface area contributed by atoms with Crippen LogP contribution < -0.4 is 0 Å². The molecule has 11 heteroatoms. The van der Waals surface area contributed by atoms with E-state index in [0.717, 1.165) is 0 Å². The molecule has 10 nitrogen and oxygen atoms in total. The molecule has 168 valence electrons. The van der Waals surface area contributed by atoms with Crippen LogP contribution in [0.15, 0.2) is 58.3 Å². The minimum absolute atomic E-state index is 0.111. The summed E-state index contributed by atoms with van der Waals surface area (Å²) in [6.45, 7) is 6.27. The molecule has 0 N–H and O–H groups in total. The molecule has 0 aliphatic heterocycles. The van der Waals surface area contributed by atoms with Crippen LogP contribution >= 0.6 is 0 Å². The smallest absolute Gasteiger partial charge is 0.206 e. The van der Waals surface area contributed by atoms with Crippen LogP contribution in [0.5, 0.6) is 0 Å². The van der Waals surface area contributed by atoms with Gasteiger partial charge in [0, 0.05) is 13.8 Å². The summed E-state index contributed by atoms with van der Waals surface area (Å²) in [5.41, 5.74) is 2.86. The fraction of sp³-hybridized carbons (Fsp3) is 0.182. The second kappa shape index (κ2) is 8.17. The third-order valence-electron chi connectivity index (χ3n) is 5.24. The van der Waals surface area contributed by atoms with E-state index in [0.29, 0.717) is 22.8 Å². The third kappa shape index (κ3) is 3.87. The molecule has 2 aromatic carbocycles. The molecule has 0 unspecified atom stereocenters. The summed E-state index contributed by atoms with van der Waals surface area (Å²) >= 11 is 0. The number of nitrogens with zero attached hydrogens (tertiary/aromatic N) is 6. The summed E-state index contributed by atoms with van der Waals surface area (Å²) in [4.78, 5) is 23.4. The molecule has 0 atom stereocenters. The van der Waals surface area contributed by atoms with Gasteiger partial charge in [0.1, 0.15) is 0 Å². The molecule has 0 aliphatic rings. The number of sulfone groups is 1. The van der Waals surface area contributed by atoms with E-state index in [1.54, 1.807) is 38.1 Å². The van der Waals surface area contributed by atoms with Gasteiger partial charge in [-0.15, -0.1) is 10.2 Å². The van der Waals surface area contributed by atoms with Gasteiger partial charge in [-0.25, -0.2) is 17.8 Å². The summed E-state index contributed by atoms with van der Waals surface area (Å²) in [5.74, 6) is -0.389. The Balaban J connectivity index is 1.62. The summed E-state index contributed by atoms with van der Waals surface area (Å²) in [6.07, 6.45) is 0. The van der Waals surface area contributed by atoms with Gasteiger partial charge in [0.25, 0.3) is 0 Å². The van der Waals surface area contributed by atoms with E-state index in [9.17, 15) is 18.0 Å². The number of benzene rings is 2. The highest BCUT2D eigenvalue weighted by atomic mass is 32.2. The van der Waals surface area contributed by atoms with Crippen LogP contribution in [0.3, 0.4) is 0 Å². The SMILES string of the molecule is CC(=O)c1nnn(-c2ccc(S(=O)(=O)c3ccc(-n4nnc(C(C)=O)c4C)cc3)cc2)c1C. The molecule has 2 heterocycles. The number of hydrogen-bond donors (Lipinski definition) is 0. The van der Waals surface area contributed by atoms with E-state index in [-0.39, 0.29) is 32.7 Å². The monoisotopic (exact) mass is 464 g/mol. The van der Waals surface area contributed by atoms with Gasteiger partial charge in [-0.2, -0.15) is 0 Å². The average Bonchev–Trinajstić information content (AvgIpc) is 3.36. The Morgan fingerprint density at radius 3 is 1.27 bits per heavy atom. The predicted octanol–water partition coefficient (Wildman–Crippen LogP) is 2.70. The molecule has 0 saturated carbocycles. The van der Waals surface area contributed by atoms with Crippen molar-refractivity contribution >= 4 is 21.4 Å². The molecule has 0 radical (unpaired) electrons. The van der Waals surface area contributed by atoms with Crippen molar-refractivity contribution in [3.8, 4) is 11.4 Å². The number of ketones is 2. The lowest BCUT2D eigenvalue weighted by molar-refractivity contribution is 0.0999. The topological polar surface area (TPSA) is 130 Å². The largest absolute Gasteiger partial charge is 0.293 e. The second-order valence-electron chi connectivity index (χ2n) is 7.47. The Bertz CT molecular complexity index is 1380. The fourth-order valence-electron chi connectivity index (χ4n) is 3.47. The lowest BCUT2D eigenvalue weighted by Crippen LogP contribution is -2.05. The van der Waals surface area contributed by atoms with E-state index < -0.39 is 9.84 Å². The maximum absolute atomic E-state index is 13.1. The van der Waals surface area contributed by atoms with Gasteiger partial charge in [-0.05, 0) is 62.4 Å². The number of rotatable bonds is 6. The maximum atomic E-state index is 13.1. The highest BCUT2D eigenvalue weighted by Crippen LogP contribution is 2.24. The van der Waals surface area contributed by atoms with Gasteiger partial charge < -0.3 is 0 Å². The maximum Gasteiger partial charge on any atom is 0.206 e. The molecule has 0 fully saturated rings. The first-order valence-corrected chi connectivity index (χ1v) is 11.4. The zero-order valence-electron chi connectivity index (χ0n) is 18.3. The van der Waals surface area contributed by atoms with E-state index in [1.165, 1.54) is 47.5 Å². The van der Waals surface area contributed by atoms with Gasteiger partial charge in [-0.3, -0.25) is 9.59 Å². The van der Waals surface area contributed by atoms with Gasteiger partial charge in [-0.1, -0.05) is 10.4 Å². The van der Waals surface area contributed by atoms with Crippen LogP contribution in [0.25, 0.3) is 11.4 Å². The summed E-state index contributed by atoms with van der Waals surface area (Å²) < 4.78 is 29.2. The van der Waals surface area contributed by atoms with Gasteiger partial charge in [0.15, 0.2) is 23.0 Å². The van der Waals surface area contributed by atoms with E-state index in [2.05, 4.69) is 20.6 Å². The van der Waals surface area contributed by atoms with Crippen molar-refractivity contribution in [2.75, 3.05) is 0 Å². The van der Waals surface area contributed by atoms with Crippen molar-refractivity contribution in [3.05, 3.63) is 71.3 Å². The highest BCUT2D eigenvalue weighted by Gasteiger charge is 2.20.